The fourth-order valence-corrected chi connectivity index (χ4v) is 7.10. The molecule has 0 spiro atoms. The van der Waals surface area contributed by atoms with Crippen molar-refractivity contribution < 1.29 is 9.53 Å². The molecule has 8 heteroatoms. The molecule has 40 heavy (non-hydrogen) atoms. The Morgan fingerprint density at radius 2 is 1.73 bits per heavy atom. The van der Waals surface area contributed by atoms with Crippen LogP contribution >= 0.6 is 0 Å². The van der Waals surface area contributed by atoms with Crippen molar-refractivity contribution in [3.05, 3.63) is 72.3 Å². The Morgan fingerprint density at radius 3 is 2.45 bits per heavy atom. The van der Waals surface area contributed by atoms with Crippen molar-refractivity contribution in [3.63, 3.8) is 0 Å². The highest BCUT2D eigenvalue weighted by Crippen LogP contribution is 2.37. The number of hydrogen-bond donors (Lipinski definition) is 2. The molecule has 2 saturated heterocycles. The third-order valence-corrected chi connectivity index (χ3v) is 9.33. The number of hydrogen-bond acceptors (Lipinski definition) is 6. The molecule has 206 valence electrons. The van der Waals surface area contributed by atoms with Crippen LogP contribution in [0.3, 0.4) is 0 Å². The number of H-pyrrole nitrogens is 1. The number of piperidine rings is 1. The molecule has 1 amide bonds. The molecule has 2 aromatic carbocycles. The summed E-state index contributed by atoms with van der Waals surface area (Å²) in [5, 5.41) is 11.9. The van der Waals surface area contributed by atoms with Crippen molar-refractivity contribution in [1.82, 2.24) is 30.4 Å². The van der Waals surface area contributed by atoms with E-state index < -0.39 is 0 Å². The van der Waals surface area contributed by atoms with Crippen LogP contribution in [-0.4, -0.2) is 56.2 Å². The number of fused-ring (bicyclic) bond motifs is 3. The van der Waals surface area contributed by atoms with Gasteiger partial charge in [0.15, 0.2) is 5.82 Å². The highest BCUT2D eigenvalue weighted by Gasteiger charge is 2.39. The number of ether oxygens (including phenoxy) is 1. The minimum absolute atomic E-state index is 0.116. The highest BCUT2D eigenvalue weighted by molar-refractivity contribution is 6.01. The first-order valence-electron chi connectivity index (χ1n) is 14.7. The van der Waals surface area contributed by atoms with Crippen LogP contribution in [0.4, 0.5) is 0 Å². The van der Waals surface area contributed by atoms with E-state index in [1.807, 2.05) is 36.4 Å². The molecule has 2 aromatic heterocycles. The van der Waals surface area contributed by atoms with Gasteiger partial charge in [0.2, 0.25) is 0 Å². The van der Waals surface area contributed by atoms with Crippen LogP contribution in [0.15, 0.2) is 60.9 Å². The number of aromatic nitrogens is 4. The van der Waals surface area contributed by atoms with Crippen molar-refractivity contribution in [2.45, 2.75) is 75.6 Å². The maximum Gasteiger partial charge on any atom is 0.251 e. The molecule has 1 saturated carbocycles. The van der Waals surface area contributed by atoms with Crippen molar-refractivity contribution in [2.75, 3.05) is 7.05 Å². The number of nitrogens with one attached hydrogen (secondary N) is 2. The molecule has 0 radical (unpaired) electrons. The first-order chi connectivity index (χ1) is 19.6. The summed E-state index contributed by atoms with van der Waals surface area (Å²) in [5.41, 5.74) is 3.31. The quantitative estimate of drug-likeness (QED) is 0.315. The van der Waals surface area contributed by atoms with Crippen LogP contribution < -0.4 is 10.1 Å². The number of carbonyl (C=O) groups is 1. The van der Waals surface area contributed by atoms with Gasteiger partial charge in [-0.15, -0.1) is 0 Å². The fraction of sp³-hybridized carbons (Fsp3) is 0.438. The maximum absolute atomic E-state index is 13.5. The molecule has 7 rings (SSSR count). The highest BCUT2D eigenvalue weighted by atomic mass is 16.5. The Hall–Kier alpha value is -3.78. The van der Waals surface area contributed by atoms with Gasteiger partial charge in [0.25, 0.3) is 5.91 Å². The van der Waals surface area contributed by atoms with Crippen LogP contribution in [0.1, 0.15) is 73.6 Å². The minimum Gasteiger partial charge on any atom is -0.490 e. The van der Waals surface area contributed by atoms with Gasteiger partial charge in [-0.3, -0.25) is 9.89 Å². The molecule has 4 atom stereocenters. The second-order valence-electron chi connectivity index (χ2n) is 11.7. The number of carbonyl (C=O) groups excluding carboxylic acids is 1. The van der Waals surface area contributed by atoms with Gasteiger partial charge in [-0.1, -0.05) is 12.8 Å². The molecule has 8 nitrogen and oxygen atoms in total. The van der Waals surface area contributed by atoms with E-state index in [9.17, 15) is 4.79 Å². The van der Waals surface area contributed by atoms with Crippen LogP contribution in [0.2, 0.25) is 0 Å². The molecular weight excluding hydrogens is 500 g/mol. The molecule has 2 N–H and O–H groups in total. The van der Waals surface area contributed by atoms with Crippen molar-refractivity contribution >= 4 is 16.8 Å². The van der Waals surface area contributed by atoms with E-state index in [-0.39, 0.29) is 18.1 Å². The van der Waals surface area contributed by atoms with E-state index in [2.05, 4.69) is 49.6 Å². The summed E-state index contributed by atoms with van der Waals surface area (Å²) in [5.74, 6) is 1.82. The lowest BCUT2D eigenvalue weighted by atomic mass is 9.96. The Bertz CT molecular complexity index is 1470. The van der Waals surface area contributed by atoms with Crippen molar-refractivity contribution in [3.8, 4) is 17.0 Å². The number of aromatic amines is 1. The number of rotatable bonds is 7. The summed E-state index contributed by atoms with van der Waals surface area (Å²) >= 11 is 0. The second-order valence-corrected chi connectivity index (χ2v) is 11.7. The molecule has 2 aliphatic heterocycles. The zero-order valence-corrected chi connectivity index (χ0v) is 22.9. The minimum atomic E-state index is -0.192. The smallest absolute Gasteiger partial charge is 0.251 e. The van der Waals surface area contributed by atoms with Crippen molar-refractivity contribution in [1.29, 1.82) is 0 Å². The average molecular weight is 537 g/mol. The summed E-state index contributed by atoms with van der Waals surface area (Å²) in [6.07, 6.45) is 13.0. The Balaban J connectivity index is 1.09. The van der Waals surface area contributed by atoms with Crippen LogP contribution in [0, 0.1) is 5.92 Å². The molecule has 2 bridgehead atoms. The third kappa shape index (κ3) is 4.85. The Morgan fingerprint density at radius 1 is 1.00 bits per heavy atom. The lowest BCUT2D eigenvalue weighted by Crippen LogP contribution is -2.43. The van der Waals surface area contributed by atoms with E-state index in [4.69, 9.17) is 4.74 Å². The standard InChI is InChI=1S/C32H36N6O2/c1-38-23-10-11-24(38)19-26(18-23)40-25-12-7-21(8-13-25)29-27-17-22(9-14-28(27)36-37-29)32(39)35-30(20-5-2-3-6-20)31-33-15-4-16-34-31/h4,7-9,12-17,20,23-24,26,30H,2-3,5-6,10-11,18-19H2,1H3,(H,35,39)(H,36,37)/t23-,24+,26+,30?. The van der Waals surface area contributed by atoms with Gasteiger partial charge in [0, 0.05) is 41.0 Å². The normalized spacial score (nSPS) is 23.9. The molecule has 4 heterocycles. The topological polar surface area (TPSA) is 96.0 Å². The lowest BCUT2D eigenvalue weighted by Gasteiger charge is -2.36. The predicted molar refractivity (Wildman–Crippen MR) is 154 cm³/mol. The first-order valence-corrected chi connectivity index (χ1v) is 14.7. The Kier molecular flexibility index (Phi) is 6.71. The third-order valence-electron chi connectivity index (χ3n) is 9.33. The van der Waals surface area contributed by atoms with Gasteiger partial charge in [0.05, 0.1) is 17.3 Å². The summed E-state index contributed by atoms with van der Waals surface area (Å²) in [6, 6.07) is 16.8. The lowest BCUT2D eigenvalue weighted by molar-refractivity contribution is 0.0662. The predicted octanol–water partition coefficient (Wildman–Crippen LogP) is 5.69. The average Bonchev–Trinajstić information content (AvgIpc) is 3.71. The largest absolute Gasteiger partial charge is 0.490 e. The molecule has 1 aliphatic carbocycles. The molecule has 1 unspecified atom stereocenters. The molecule has 3 fully saturated rings. The zero-order chi connectivity index (χ0) is 27.1. The van der Waals surface area contributed by atoms with Crippen molar-refractivity contribution in [2.24, 2.45) is 5.92 Å². The Labute approximate surface area is 234 Å². The number of benzene rings is 2. The summed E-state index contributed by atoms with van der Waals surface area (Å²) in [7, 11) is 2.25. The summed E-state index contributed by atoms with van der Waals surface area (Å²) < 4.78 is 6.39. The SMILES string of the molecule is CN1[C@@H]2CC[C@H]1C[C@@H](Oc1ccc(-c3n[nH]c4ccc(C(=O)NC(c5ncccn5)C5CCCC5)cc34)cc1)C2. The van der Waals surface area contributed by atoms with E-state index in [1.54, 1.807) is 12.4 Å². The maximum atomic E-state index is 13.5. The van der Waals surface area contributed by atoms with Gasteiger partial charge >= 0.3 is 0 Å². The number of amides is 1. The summed E-state index contributed by atoms with van der Waals surface area (Å²) in [6.45, 7) is 0. The second kappa shape index (κ2) is 10.7. The van der Waals surface area contributed by atoms with Gasteiger partial charge < -0.3 is 15.0 Å². The van der Waals surface area contributed by atoms with Gasteiger partial charge in [-0.05, 0) is 100 Å². The van der Waals surface area contributed by atoms with Gasteiger partial charge in [-0.2, -0.15) is 5.10 Å². The van der Waals surface area contributed by atoms with Crippen LogP contribution in [0.5, 0.6) is 5.75 Å². The molecular formula is C32H36N6O2. The fourth-order valence-electron chi connectivity index (χ4n) is 7.10. The van der Waals surface area contributed by atoms with Gasteiger partial charge in [-0.25, -0.2) is 9.97 Å². The molecule has 4 aromatic rings. The molecule has 3 aliphatic rings. The summed E-state index contributed by atoms with van der Waals surface area (Å²) in [4.78, 5) is 25.0. The van der Waals surface area contributed by atoms with E-state index in [0.29, 0.717) is 29.4 Å². The number of nitrogens with zero attached hydrogens (tertiary/aromatic N) is 4. The first kappa shape index (κ1) is 25.2. The van der Waals surface area contributed by atoms with E-state index in [0.717, 1.165) is 53.6 Å². The zero-order valence-electron chi connectivity index (χ0n) is 22.9. The van der Waals surface area contributed by atoms with E-state index >= 15 is 0 Å². The monoisotopic (exact) mass is 536 g/mol. The van der Waals surface area contributed by atoms with Gasteiger partial charge in [0.1, 0.15) is 11.9 Å². The van der Waals surface area contributed by atoms with E-state index in [1.165, 1.54) is 25.7 Å². The van der Waals surface area contributed by atoms with Crippen LogP contribution in [0.25, 0.3) is 22.2 Å². The van der Waals surface area contributed by atoms with Crippen LogP contribution in [-0.2, 0) is 0 Å².